The molecule has 0 saturated carbocycles. The van der Waals surface area contributed by atoms with E-state index in [1.165, 1.54) is 0 Å². The van der Waals surface area contributed by atoms with E-state index in [1.807, 2.05) is 65.3 Å². The average Bonchev–Trinajstić information content (AvgIpc) is 3.21. The Balaban J connectivity index is 1.49. The third kappa shape index (κ3) is 5.33. The van der Waals surface area contributed by atoms with E-state index < -0.39 is 6.04 Å². The predicted molar refractivity (Wildman–Crippen MR) is 137 cm³/mol. The van der Waals surface area contributed by atoms with E-state index in [9.17, 15) is 9.59 Å². The van der Waals surface area contributed by atoms with Gasteiger partial charge in [-0.1, -0.05) is 55.3 Å². The normalized spacial score (nSPS) is 21.1. The SMILES string of the molecule is Cc1cccc(C(=O)N2C(CC(C)C)SCC2C(=O)N2CCN(c3ccccc3Cl)CC2)c1. The summed E-state index contributed by atoms with van der Waals surface area (Å²) in [6.45, 7) is 9.05. The Bertz CT molecular complexity index is 1010. The van der Waals surface area contributed by atoms with Gasteiger partial charge < -0.3 is 14.7 Å². The molecule has 7 heteroatoms. The highest BCUT2D eigenvalue weighted by molar-refractivity contribution is 8.00. The topological polar surface area (TPSA) is 43.9 Å². The molecule has 2 amide bonds. The first-order valence-corrected chi connectivity index (χ1v) is 13.1. The van der Waals surface area contributed by atoms with Crippen LogP contribution in [0.25, 0.3) is 0 Å². The molecule has 2 heterocycles. The smallest absolute Gasteiger partial charge is 0.255 e. The van der Waals surface area contributed by atoms with E-state index >= 15 is 0 Å². The number of rotatable bonds is 5. The van der Waals surface area contributed by atoms with Crippen LogP contribution in [0.5, 0.6) is 0 Å². The van der Waals surface area contributed by atoms with Gasteiger partial charge in [-0.25, -0.2) is 0 Å². The van der Waals surface area contributed by atoms with Crippen LogP contribution >= 0.6 is 23.4 Å². The van der Waals surface area contributed by atoms with Gasteiger partial charge in [0.2, 0.25) is 5.91 Å². The van der Waals surface area contributed by atoms with Gasteiger partial charge in [0, 0.05) is 37.5 Å². The highest BCUT2D eigenvalue weighted by atomic mass is 35.5. The van der Waals surface area contributed by atoms with E-state index in [4.69, 9.17) is 11.6 Å². The molecular weight excluding hydrogens is 454 g/mol. The molecule has 2 aromatic carbocycles. The lowest BCUT2D eigenvalue weighted by molar-refractivity contribution is -0.135. The number of hydrogen-bond acceptors (Lipinski definition) is 4. The van der Waals surface area contributed by atoms with Crippen molar-refractivity contribution >= 4 is 40.9 Å². The van der Waals surface area contributed by atoms with E-state index in [1.54, 1.807) is 11.8 Å². The number of benzene rings is 2. The molecule has 2 aliphatic heterocycles. The Morgan fingerprint density at radius 2 is 1.79 bits per heavy atom. The van der Waals surface area contributed by atoms with Gasteiger partial charge in [-0.3, -0.25) is 9.59 Å². The zero-order valence-electron chi connectivity index (χ0n) is 19.5. The maximum absolute atomic E-state index is 13.6. The van der Waals surface area contributed by atoms with Crippen LogP contribution in [0.4, 0.5) is 5.69 Å². The molecule has 0 aromatic heterocycles. The zero-order valence-corrected chi connectivity index (χ0v) is 21.1. The van der Waals surface area contributed by atoms with Gasteiger partial charge in [0.25, 0.3) is 5.91 Å². The summed E-state index contributed by atoms with van der Waals surface area (Å²) in [7, 11) is 0. The molecule has 2 unspecified atom stereocenters. The first-order chi connectivity index (χ1) is 15.8. The van der Waals surface area contributed by atoms with Crippen LogP contribution in [-0.4, -0.2) is 65.0 Å². The fraction of sp³-hybridized carbons (Fsp3) is 0.462. The van der Waals surface area contributed by atoms with Crippen molar-refractivity contribution in [2.45, 2.75) is 38.6 Å². The third-order valence-electron chi connectivity index (χ3n) is 6.33. The molecule has 0 radical (unpaired) electrons. The van der Waals surface area contributed by atoms with Crippen molar-refractivity contribution in [2.24, 2.45) is 5.92 Å². The van der Waals surface area contributed by atoms with Crippen molar-refractivity contribution in [3.63, 3.8) is 0 Å². The molecule has 2 aliphatic rings. The molecule has 2 saturated heterocycles. The van der Waals surface area contributed by atoms with Gasteiger partial charge in [0.1, 0.15) is 6.04 Å². The summed E-state index contributed by atoms with van der Waals surface area (Å²) in [6, 6.07) is 15.1. The maximum atomic E-state index is 13.6. The predicted octanol–water partition coefficient (Wildman–Crippen LogP) is 4.93. The minimum atomic E-state index is -0.418. The number of carbonyl (C=O) groups excluding carboxylic acids is 2. The molecule has 0 bridgehead atoms. The minimum absolute atomic E-state index is 0.0244. The van der Waals surface area contributed by atoms with Crippen molar-refractivity contribution in [3.8, 4) is 0 Å². The molecule has 0 aliphatic carbocycles. The fourth-order valence-corrected chi connectivity index (χ4v) is 6.51. The minimum Gasteiger partial charge on any atom is -0.367 e. The van der Waals surface area contributed by atoms with E-state index in [0.717, 1.165) is 35.8 Å². The van der Waals surface area contributed by atoms with Crippen LogP contribution in [0.2, 0.25) is 5.02 Å². The molecule has 4 rings (SSSR count). The molecule has 2 atom stereocenters. The number of hydrogen-bond donors (Lipinski definition) is 0. The molecule has 33 heavy (non-hydrogen) atoms. The average molecular weight is 486 g/mol. The maximum Gasteiger partial charge on any atom is 0.255 e. The van der Waals surface area contributed by atoms with Crippen LogP contribution in [0.1, 0.15) is 36.2 Å². The summed E-state index contributed by atoms with van der Waals surface area (Å²) in [5, 5.41) is 0.757. The lowest BCUT2D eigenvalue weighted by atomic mass is 10.1. The standard InChI is InChI=1S/C26H32ClN3O2S/c1-18(2)15-24-30(25(31)20-8-6-7-19(3)16-20)23(17-33-24)26(32)29-13-11-28(12-14-29)22-10-5-4-9-21(22)27/h4-10,16,18,23-24H,11-15,17H2,1-3H3. The Hall–Kier alpha value is -2.18. The summed E-state index contributed by atoms with van der Waals surface area (Å²) in [5.74, 6) is 1.12. The van der Waals surface area contributed by atoms with Crippen molar-refractivity contribution in [1.29, 1.82) is 0 Å². The number of nitrogens with zero attached hydrogens (tertiary/aromatic N) is 3. The summed E-state index contributed by atoms with van der Waals surface area (Å²) < 4.78 is 0. The number of thioether (sulfide) groups is 1. The second-order valence-electron chi connectivity index (χ2n) is 9.28. The van der Waals surface area contributed by atoms with E-state index in [2.05, 4.69) is 18.7 Å². The number of piperazine rings is 1. The molecule has 2 aromatic rings. The zero-order chi connectivity index (χ0) is 23.5. The number of aryl methyl sites for hydroxylation is 1. The lowest BCUT2D eigenvalue weighted by Gasteiger charge is -2.39. The highest BCUT2D eigenvalue weighted by Gasteiger charge is 2.43. The summed E-state index contributed by atoms with van der Waals surface area (Å²) in [5.41, 5.74) is 2.72. The third-order valence-corrected chi connectivity index (χ3v) is 7.97. The number of para-hydroxylation sites is 1. The second kappa shape index (κ2) is 10.4. The van der Waals surface area contributed by atoms with Gasteiger partial charge in [0.05, 0.1) is 16.1 Å². The van der Waals surface area contributed by atoms with Gasteiger partial charge >= 0.3 is 0 Å². The van der Waals surface area contributed by atoms with Crippen LogP contribution in [0.15, 0.2) is 48.5 Å². The van der Waals surface area contributed by atoms with Gasteiger partial charge in [-0.2, -0.15) is 0 Å². The van der Waals surface area contributed by atoms with E-state index in [0.29, 0.717) is 30.3 Å². The summed E-state index contributed by atoms with van der Waals surface area (Å²) >= 11 is 8.11. The van der Waals surface area contributed by atoms with E-state index in [-0.39, 0.29) is 17.2 Å². The molecule has 5 nitrogen and oxygen atoms in total. The fourth-order valence-electron chi connectivity index (χ4n) is 4.62. The molecule has 0 N–H and O–H groups in total. The number of halogens is 1. The Morgan fingerprint density at radius 3 is 2.45 bits per heavy atom. The quantitative estimate of drug-likeness (QED) is 0.602. The van der Waals surface area contributed by atoms with Crippen LogP contribution in [0.3, 0.4) is 0 Å². The molecule has 176 valence electrons. The largest absolute Gasteiger partial charge is 0.367 e. The van der Waals surface area contributed by atoms with Gasteiger partial charge in [-0.15, -0.1) is 11.8 Å². The lowest BCUT2D eigenvalue weighted by Crippen LogP contribution is -2.56. The monoisotopic (exact) mass is 485 g/mol. The van der Waals surface area contributed by atoms with Crippen molar-refractivity contribution in [1.82, 2.24) is 9.80 Å². The first kappa shape index (κ1) is 24.0. The summed E-state index contributed by atoms with van der Waals surface area (Å²) in [6.07, 6.45) is 0.881. The van der Waals surface area contributed by atoms with Crippen molar-refractivity contribution < 1.29 is 9.59 Å². The van der Waals surface area contributed by atoms with Crippen molar-refractivity contribution in [3.05, 3.63) is 64.7 Å². The van der Waals surface area contributed by atoms with Crippen LogP contribution in [-0.2, 0) is 4.79 Å². The Labute approximate surface area is 206 Å². The van der Waals surface area contributed by atoms with Crippen LogP contribution < -0.4 is 4.90 Å². The Kier molecular flexibility index (Phi) is 7.55. The second-order valence-corrected chi connectivity index (χ2v) is 10.9. The number of amides is 2. The first-order valence-electron chi connectivity index (χ1n) is 11.6. The molecule has 2 fully saturated rings. The highest BCUT2D eigenvalue weighted by Crippen LogP contribution is 2.36. The van der Waals surface area contributed by atoms with Crippen molar-refractivity contribution in [2.75, 3.05) is 36.8 Å². The number of carbonyl (C=O) groups is 2. The summed E-state index contributed by atoms with van der Waals surface area (Å²) in [4.78, 5) is 33.2. The molecular formula is C26H32ClN3O2S. The van der Waals surface area contributed by atoms with Gasteiger partial charge in [-0.05, 0) is 43.5 Å². The molecule has 0 spiro atoms. The Morgan fingerprint density at radius 1 is 1.06 bits per heavy atom. The number of anilines is 1. The van der Waals surface area contributed by atoms with Crippen LogP contribution in [0, 0.1) is 12.8 Å². The van der Waals surface area contributed by atoms with Gasteiger partial charge in [0.15, 0.2) is 0 Å².